The van der Waals surface area contributed by atoms with Gasteiger partial charge in [-0.2, -0.15) is 0 Å². The van der Waals surface area contributed by atoms with Crippen molar-refractivity contribution in [1.82, 2.24) is 9.78 Å². The first-order valence-electron chi connectivity index (χ1n) is 4.54. The SMILES string of the molecule is C[C@H]1OC[C@@H]1Oc1nn(C)cc1[N+](=O)[O-]. The second-order valence-corrected chi connectivity index (χ2v) is 3.45. The minimum Gasteiger partial charge on any atom is -0.463 e. The van der Waals surface area contributed by atoms with Crippen LogP contribution < -0.4 is 4.74 Å². The molecule has 0 aromatic carbocycles. The van der Waals surface area contributed by atoms with Gasteiger partial charge in [-0.05, 0) is 6.92 Å². The lowest BCUT2D eigenvalue weighted by atomic mass is 10.2. The van der Waals surface area contributed by atoms with Crippen molar-refractivity contribution >= 4 is 5.69 Å². The molecule has 1 aliphatic rings. The van der Waals surface area contributed by atoms with Crippen LogP contribution >= 0.6 is 0 Å². The van der Waals surface area contributed by atoms with Gasteiger partial charge < -0.3 is 9.47 Å². The minimum atomic E-state index is -0.507. The molecular formula is C8H11N3O4. The highest BCUT2D eigenvalue weighted by Gasteiger charge is 2.33. The highest BCUT2D eigenvalue weighted by molar-refractivity contribution is 5.38. The molecule has 0 radical (unpaired) electrons. The van der Waals surface area contributed by atoms with Crippen LogP contribution in [0.3, 0.4) is 0 Å². The molecule has 1 aromatic rings. The van der Waals surface area contributed by atoms with Gasteiger partial charge in [0.25, 0.3) is 0 Å². The smallest absolute Gasteiger partial charge is 0.350 e. The van der Waals surface area contributed by atoms with Crippen LogP contribution in [0.25, 0.3) is 0 Å². The van der Waals surface area contributed by atoms with Crippen LogP contribution in [0.1, 0.15) is 6.92 Å². The molecule has 0 N–H and O–H groups in total. The highest BCUT2D eigenvalue weighted by Crippen LogP contribution is 2.27. The molecule has 0 spiro atoms. The molecule has 0 unspecified atom stereocenters. The fourth-order valence-corrected chi connectivity index (χ4v) is 1.31. The molecule has 1 aromatic heterocycles. The number of nitrogens with zero attached hydrogens (tertiary/aromatic N) is 3. The summed E-state index contributed by atoms with van der Waals surface area (Å²) in [6, 6.07) is 0. The third kappa shape index (κ3) is 1.78. The van der Waals surface area contributed by atoms with Gasteiger partial charge in [-0.15, -0.1) is 5.10 Å². The van der Waals surface area contributed by atoms with E-state index in [1.165, 1.54) is 10.9 Å². The molecule has 2 rings (SSSR count). The average Bonchev–Trinajstić information content (AvgIpc) is 2.54. The van der Waals surface area contributed by atoms with E-state index >= 15 is 0 Å². The van der Waals surface area contributed by atoms with Crippen molar-refractivity contribution < 1.29 is 14.4 Å². The van der Waals surface area contributed by atoms with Crippen molar-refractivity contribution in [2.45, 2.75) is 19.1 Å². The Morgan fingerprint density at radius 1 is 1.80 bits per heavy atom. The number of nitro groups is 1. The fraction of sp³-hybridized carbons (Fsp3) is 0.625. The van der Waals surface area contributed by atoms with E-state index in [0.717, 1.165) is 0 Å². The molecule has 7 heteroatoms. The number of hydrogen-bond acceptors (Lipinski definition) is 5. The Balaban J connectivity index is 2.16. The van der Waals surface area contributed by atoms with Gasteiger partial charge in [-0.1, -0.05) is 0 Å². The van der Waals surface area contributed by atoms with Crippen LogP contribution in [0.4, 0.5) is 5.69 Å². The molecule has 1 aliphatic heterocycles. The molecule has 1 fully saturated rings. The molecule has 0 saturated carbocycles. The van der Waals surface area contributed by atoms with E-state index in [1.54, 1.807) is 7.05 Å². The third-order valence-electron chi connectivity index (χ3n) is 2.28. The molecule has 0 aliphatic carbocycles. The lowest BCUT2D eigenvalue weighted by Gasteiger charge is -2.32. The first kappa shape index (κ1) is 9.91. The monoisotopic (exact) mass is 213 g/mol. The topological polar surface area (TPSA) is 79.4 Å². The van der Waals surface area contributed by atoms with Gasteiger partial charge in [0.2, 0.25) is 0 Å². The molecule has 1 saturated heterocycles. The average molecular weight is 213 g/mol. The second kappa shape index (κ2) is 3.50. The molecule has 0 amide bonds. The Labute approximate surface area is 85.7 Å². The van der Waals surface area contributed by atoms with Crippen LogP contribution in [0.15, 0.2) is 6.20 Å². The van der Waals surface area contributed by atoms with Gasteiger partial charge in [0, 0.05) is 7.05 Å². The summed E-state index contributed by atoms with van der Waals surface area (Å²) in [5.74, 6) is 0.0580. The summed E-state index contributed by atoms with van der Waals surface area (Å²) in [6.45, 7) is 2.30. The predicted molar refractivity (Wildman–Crippen MR) is 49.7 cm³/mol. The largest absolute Gasteiger partial charge is 0.463 e. The van der Waals surface area contributed by atoms with Crippen molar-refractivity contribution in [2.24, 2.45) is 7.05 Å². The predicted octanol–water partition coefficient (Wildman–Crippen LogP) is 0.494. The molecule has 82 valence electrons. The van der Waals surface area contributed by atoms with Crippen LogP contribution in [0, 0.1) is 10.1 Å². The zero-order valence-corrected chi connectivity index (χ0v) is 8.41. The van der Waals surface area contributed by atoms with Gasteiger partial charge in [-0.3, -0.25) is 14.8 Å². The maximum absolute atomic E-state index is 10.6. The summed E-state index contributed by atoms with van der Waals surface area (Å²) in [6.07, 6.45) is 1.14. The van der Waals surface area contributed by atoms with Crippen molar-refractivity contribution in [3.8, 4) is 5.88 Å². The molecular weight excluding hydrogens is 202 g/mol. The van der Waals surface area contributed by atoms with E-state index in [4.69, 9.17) is 9.47 Å². The maximum Gasteiger partial charge on any atom is 0.350 e. The van der Waals surface area contributed by atoms with Crippen LogP contribution in [0.5, 0.6) is 5.88 Å². The lowest BCUT2D eigenvalue weighted by molar-refractivity contribution is -0.386. The quantitative estimate of drug-likeness (QED) is 0.539. The van der Waals surface area contributed by atoms with E-state index in [-0.39, 0.29) is 23.8 Å². The highest BCUT2D eigenvalue weighted by atomic mass is 16.6. The zero-order chi connectivity index (χ0) is 11.0. The number of aromatic nitrogens is 2. The zero-order valence-electron chi connectivity index (χ0n) is 8.41. The van der Waals surface area contributed by atoms with E-state index in [2.05, 4.69) is 5.10 Å². The van der Waals surface area contributed by atoms with E-state index in [9.17, 15) is 10.1 Å². The lowest BCUT2D eigenvalue weighted by Crippen LogP contribution is -2.46. The van der Waals surface area contributed by atoms with Gasteiger partial charge in [0.15, 0.2) is 0 Å². The third-order valence-corrected chi connectivity index (χ3v) is 2.28. The molecule has 0 bridgehead atoms. The van der Waals surface area contributed by atoms with Crippen molar-refractivity contribution in [3.63, 3.8) is 0 Å². The minimum absolute atomic E-state index is 0.0355. The fourth-order valence-electron chi connectivity index (χ4n) is 1.31. The second-order valence-electron chi connectivity index (χ2n) is 3.45. The molecule has 7 nitrogen and oxygen atoms in total. The molecule has 2 atom stereocenters. The summed E-state index contributed by atoms with van der Waals surface area (Å²) in [5.41, 5.74) is -0.114. The van der Waals surface area contributed by atoms with Crippen LogP contribution in [-0.2, 0) is 11.8 Å². The normalized spacial score (nSPS) is 24.7. The Kier molecular flexibility index (Phi) is 2.31. The first-order valence-corrected chi connectivity index (χ1v) is 4.54. The van der Waals surface area contributed by atoms with E-state index in [1.807, 2.05) is 6.92 Å². The van der Waals surface area contributed by atoms with Crippen molar-refractivity contribution in [3.05, 3.63) is 16.3 Å². The number of hydrogen-bond donors (Lipinski definition) is 0. The van der Waals surface area contributed by atoms with E-state index in [0.29, 0.717) is 6.61 Å². The van der Waals surface area contributed by atoms with Crippen LogP contribution in [0.2, 0.25) is 0 Å². The standard InChI is InChI=1S/C8H11N3O4/c1-5-7(4-14-5)15-8-6(11(12)13)3-10(2)9-8/h3,5,7H,4H2,1-2H3/t5-,7+/m1/s1. The van der Waals surface area contributed by atoms with Crippen molar-refractivity contribution in [1.29, 1.82) is 0 Å². The number of rotatable bonds is 3. The number of ether oxygens (including phenoxy) is 2. The first-order chi connectivity index (χ1) is 7.08. The Hall–Kier alpha value is -1.63. The van der Waals surface area contributed by atoms with Crippen molar-refractivity contribution in [2.75, 3.05) is 6.61 Å². The summed E-state index contributed by atoms with van der Waals surface area (Å²) in [4.78, 5) is 10.1. The summed E-state index contributed by atoms with van der Waals surface area (Å²) in [7, 11) is 1.61. The summed E-state index contributed by atoms with van der Waals surface area (Å²) >= 11 is 0. The van der Waals surface area contributed by atoms with Gasteiger partial charge in [-0.25, -0.2) is 0 Å². The van der Waals surface area contributed by atoms with Crippen LogP contribution in [-0.4, -0.2) is 33.5 Å². The molecule has 2 heterocycles. The van der Waals surface area contributed by atoms with Gasteiger partial charge in [0.05, 0.1) is 17.6 Å². The molecule has 15 heavy (non-hydrogen) atoms. The van der Waals surface area contributed by atoms with E-state index < -0.39 is 4.92 Å². The summed E-state index contributed by atoms with van der Waals surface area (Å²) < 4.78 is 11.8. The Bertz CT molecular complexity index is 389. The number of aryl methyl sites for hydroxylation is 1. The van der Waals surface area contributed by atoms with Gasteiger partial charge >= 0.3 is 11.6 Å². The van der Waals surface area contributed by atoms with Gasteiger partial charge in [0.1, 0.15) is 12.3 Å². The Morgan fingerprint density at radius 2 is 2.53 bits per heavy atom. The maximum atomic E-state index is 10.6. The Morgan fingerprint density at radius 3 is 3.00 bits per heavy atom. The summed E-state index contributed by atoms with van der Waals surface area (Å²) in [5, 5.41) is 14.5.